The average molecular weight is 209 g/mol. The first-order valence-corrected chi connectivity index (χ1v) is 6.65. The molecular formula is C12H19NS. The van der Waals surface area contributed by atoms with E-state index in [1.807, 2.05) is 11.3 Å². The van der Waals surface area contributed by atoms with Gasteiger partial charge in [-0.05, 0) is 31.6 Å². The summed E-state index contributed by atoms with van der Waals surface area (Å²) in [4.78, 5) is 4.70. The van der Waals surface area contributed by atoms with Gasteiger partial charge in [-0.2, -0.15) is 0 Å². The third kappa shape index (κ3) is 2.00. The summed E-state index contributed by atoms with van der Waals surface area (Å²) >= 11 is 1.87. The molecule has 1 aromatic rings. The lowest BCUT2D eigenvalue weighted by Crippen LogP contribution is -1.94. The maximum Gasteiger partial charge on any atom is 0.0959 e. The van der Waals surface area contributed by atoms with E-state index in [0.717, 1.165) is 18.3 Å². The Labute approximate surface area is 90.6 Å². The van der Waals surface area contributed by atoms with Gasteiger partial charge in [-0.3, -0.25) is 0 Å². The minimum Gasteiger partial charge on any atom is -0.246 e. The van der Waals surface area contributed by atoms with Crippen LogP contribution in [0.1, 0.15) is 56.2 Å². The molecule has 1 aliphatic carbocycles. The normalized spacial score (nSPS) is 27.0. The van der Waals surface area contributed by atoms with Crippen LogP contribution in [0.4, 0.5) is 0 Å². The molecule has 1 fully saturated rings. The van der Waals surface area contributed by atoms with Crippen LogP contribution in [0.3, 0.4) is 0 Å². The van der Waals surface area contributed by atoms with Crippen LogP contribution < -0.4 is 0 Å². The zero-order chi connectivity index (χ0) is 9.97. The molecule has 0 saturated heterocycles. The van der Waals surface area contributed by atoms with E-state index in [4.69, 9.17) is 4.98 Å². The largest absolute Gasteiger partial charge is 0.246 e. The van der Waals surface area contributed by atoms with Crippen molar-refractivity contribution >= 4 is 11.3 Å². The average Bonchev–Trinajstić information content (AvgIpc) is 2.86. The molecule has 0 amide bonds. The monoisotopic (exact) mass is 209 g/mol. The van der Waals surface area contributed by atoms with E-state index in [9.17, 15) is 0 Å². The predicted octanol–water partition coefficient (Wildman–Crippen LogP) is 4.00. The molecule has 0 N–H and O–H groups in total. The first-order chi connectivity index (χ1) is 6.83. The topological polar surface area (TPSA) is 12.9 Å². The molecule has 14 heavy (non-hydrogen) atoms. The van der Waals surface area contributed by atoms with Gasteiger partial charge in [0.15, 0.2) is 0 Å². The number of hydrogen-bond acceptors (Lipinski definition) is 2. The molecule has 0 bridgehead atoms. The van der Waals surface area contributed by atoms with Crippen LogP contribution in [-0.4, -0.2) is 4.98 Å². The summed E-state index contributed by atoms with van der Waals surface area (Å²) in [5.41, 5.74) is 1.28. The van der Waals surface area contributed by atoms with Crippen molar-refractivity contribution in [2.75, 3.05) is 0 Å². The van der Waals surface area contributed by atoms with Crippen LogP contribution in [0, 0.1) is 5.92 Å². The van der Waals surface area contributed by atoms with Crippen molar-refractivity contribution < 1.29 is 0 Å². The van der Waals surface area contributed by atoms with Crippen molar-refractivity contribution in [2.45, 2.75) is 51.9 Å². The van der Waals surface area contributed by atoms with Gasteiger partial charge in [-0.15, -0.1) is 11.3 Å². The molecule has 1 aliphatic rings. The summed E-state index contributed by atoms with van der Waals surface area (Å²) in [5.74, 6) is 1.75. The molecule has 1 saturated carbocycles. The first kappa shape index (κ1) is 10.2. The molecule has 2 atom stereocenters. The highest BCUT2D eigenvalue weighted by Crippen LogP contribution is 2.40. The zero-order valence-corrected chi connectivity index (χ0v) is 9.94. The standard InChI is InChI=1S/C12H19NS/c1-3-9-5-6-10(7-9)12-13-11(4-2)8-14-12/h8-10H,3-7H2,1-2H3. The Morgan fingerprint density at radius 1 is 1.43 bits per heavy atom. The molecule has 0 aliphatic heterocycles. The molecular weight excluding hydrogens is 190 g/mol. The number of thiazole rings is 1. The Kier molecular flexibility index (Phi) is 3.22. The third-order valence-corrected chi connectivity index (χ3v) is 4.46. The van der Waals surface area contributed by atoms with Gasteiger partial charge in [-0.1, -0.05) is 20.3 Å². The van der Waals surface area contributed by atoms with Gasteiger partial charge in [0, 0.05) is 11.3 Å². The number of hydrogen-bond donors (Lipinski definition) is 0. The molecule has 1 aromatic heterocycles. The fraction of sp³-hybridized carbons (Fsp3) is 0.750. The van der Waals surface area contributed by atoms with Gasteiger partial charge in [0.05, 0.1) is 10.7 Å². The zero-order valence-electron chi connectivity index (χ0n) is 9.12. The van der Waals surface area contributed by atoms with Crippen molar-refractivity contribution in [3.8, 4) is 0 Å². The third-order valence-electron chi connectivity index (χ3n) is 3.40. The van der Waals surface area contributed by atoms with E-state index in [0.29, 0.717) is 0 Å². The van der Waals surface area contributed by atoms with Gasteiger partial charge in [0.25, 0.3) is 0 Å². The van der Waals surface area contributed by atoms with E-state index in [1.165, 1.54) is 36.4 Å². The number of aryl methyl sites for hydroxylation is 1. The van der Waals surface area contributed by atoms with E-state index < -0.39 is 0 Å². The van der Waals surface area contributed by atoms with E-state index in [-0.39, 0.29) is 0 Å². The maximum atomic E-state index is 4.70. The molecule has 1 nitrogen and oxygen atoms in total. The summed E-state index contributed by atoms with van der Waals surface area (Å²) in [6.45, 7) is 4.49. The minimum absolute atomic E-state index is 0.783. The van der Waals surface area contributed by atoms with Crippen molar-refractivity contribution in [1.29, 1.82) is 0 Å². The van der Waals surface area contributed by atoms with Crippen LogP contribution >= 0.6 is 11.3 Å². The van der Waals surface area contributed by atoms with Gasteiger partial charge < -0.3 is 0 Å². The Balaban J connectivity index is 2.02. The summed E-state index contributed by atoms with van der Waals surface area (Å²) in [5, 5.41) is 3.63. The van der Waals surface area contributed by atoms with Crippen LogP contribution in [0.2, 0.25) is 0 Å². The lowest BCUT2D eigenvalue weighted by molar-refractivity contribution is 0.521. The number of nitrogens with zero attached hydrogens (tertiary/aromatic N) is 1. The van der Waals surface area contributed by atoms with Crippen molar-refractivity contribution in [1.82, 2.24) is 4.98 Å². The molecule has 0 aromatic carbocycles. The van der Waals surface area contributed by atoms with Gasteiger partial charge in [0.1, 0.15) is 0 Å². The van der Waals surface area contributed by atoms with E-state index in [2.05, 4.69) is 19.2 Å². The Bertz CT molecular complexity index is 292. The summed E-state index contributed by atoms with van der Waals surface area (Å²) in [6, 6.07) is 0. The van der Waals surface area contributed by atoms with Gasteiger partial charge in [-0.25, -0.2) is 4.98 Å². The Morgan fingerprint density at radius 3 is 2.86 bits per heavy atom. The van der Waals surface area contributed by atoms with Crippen LogP contribution in [0.25, 0.3) is 0 Å². The van der Waals surface area contributed by atoms with Crippen LogP contribution in [0.5, 0.6) is 0 Å². The predicted molar refractivity (Wildman–Crippen MR) is 61.9 cm³/mol. The summed E-state index contributed by atoms with van der Waals surface area (Å²) in [6.07, 6.45) is 6.60. The molecule has 0 radical (unpaired) electrons. The van der Waals surface area contributed by atoms with Crippen molar-refractivity contribution in [3.05, 3.63) is 16.1 Å². The highest BCUT2D eigenvalue weighted by molar-refractivity contribution is 7.09. The van der Waals surface area contributed by atoms with Crippen molar-refractivity contribution in [3.63, 3.8) is 0 Å². The minimum atomic E-state index is 0.783. The van der Waals surface area contributed by atoms with Gasteiger partial charge in [0.2, 0.25) is 0 Å². The molecule has 2 rings (SSSR count). The lowest BCUT2D eigenvalue weighted by atomic mass is 10.0. The summed E-state index contributed by atoms with van der Waals surface area (Å²) in [7, 11) is 0. The summed E-state index contributed by atoms with van der Waals surface area (Å²) < 4.78 is 0. The Hall–Kier alpha value is -0.370. The van der Waals surface area contributed by atoms with Crippen LogP contribution in [-0.2, 0) is 6.42 Å². The van der Waals surface area contributed by atoms with E-state index >= 15 is 0 Å². The van der Waals surface area contributed by atoms with Gasteiger partial charge >= 0.3 is 0 Å². The number of aromatic nitrogens is 1. The second-order valence-electron chi connectivity index (χ2n) is 4.31. The molecule has 78 valence electrons. The van der Waals surface area contributed by atoms with Crippen molar-refractivity contribution in [2.24, 2.45) is 5.92 Å². The highest BCUT2D eigenvalue weighted by Gasteiger charge is 2.26. The fourth-order valence-electron chi connectivity index (χ4n) is 2.34. The molecule has 1 heterocycles. The first-order valence-electron chi connectivity index (χ1n) is 5.77. The highest BCUT2D eigenvalue weighted by atomic mass is 32.1. The smallest absolute Gasteiger partial charge is 0.0959 e. The SMILES string of the molecule is CCc1csc(C2CCC(CC)C2)n1. The van der Waals surface area contributed by atoms with E-state index in [1.54, 1.807) is 0 Å². The Morgan fingerprint density at radius 2 is 2.29 bits per heavy atom. The second-order valence-corrected chi connectivity index (χ2v) is 5.20. The molecule has 2 heteroatoms. The lowest BCUT2D eigenvalue weighted by Gasteiger charge is -2.06. The maximum absolute atomic E-state index is 4.70. The number of rotatable bonds is 3. The second kappa shape index (κ2) is 4.43. The fourth-order valence-corrected chi connectivity index (χ4v) is 3.40. The van der Waals surface area contributed by atoms with Crippen LogP contribution in [0.15, 0.2) is 5.38 Å². The quantitative estimate of drug-likeness (QED) is 0.733. The molecule has 0 spiro atoms. The molecule has 2 unspecified atom stereocenters.